The summed E-state index contributed by atoms with van der Waals surface area (Å²) in [6.07, 6.45) is 7.57. The van der Waals surface area contributed by atoms with E-state index in [4.69, 9.17) is 4.99 Å². The molecule has 1 N–H and O–H groups in total. The molecule has 0 atom stereocenters. The quantitative estimate of drug-likeness (QED) is 0.364. The third-order valence-electron chi connectivity index (χ3n) is 7.76. The lowest BCUT2D eigenvalue weighted by Gasteiger charge is -2.43. The number of piperazine rings is 1. The number of para-hydroxylation sites is 2. The summed E-state index contributed by atoms with van der Waals surface area (Å²) in [4.78, 5) is 22.0. The van der Waals surface area contributed by atoms with Crippen LogP contribution in [0.4, 0.5) is 16.4 Å². The number of unbranched alkanes of at least 4 members (excludes halogenated alkanes) is 2. The van der Waals surface area contributed by atoms with Crippen molar-refractivity contribution in [3.8, 4) is 0 Å². The van der Waals surface area contributed by atoms with Gasteiger partial charge in [0.05, 0.1) is 63.1 Å². The number of hydrogen-bond acceptors (Lipinski definition) is 5. The Morgan fingerprint density at radius 3 is 2.51 bits per heavy atom. The fourth-order valence-electron chi connectivity index (χ4n) is 5.32. The Balaban J connectivity index is 1.41. The number of carbonyl (C=O) groups excluding carboxylic acids is 1. The molecule has 0 amide bonds. The summed E-state index contributed by atoms with van der Waals surface area (Å²) in [5.41, 5.74) is 3.29. The van der Waals surface area contributed by atoms with Gasteiger partial charge in [0, 0.05) is 10.8 Å². The van der Waals surface area contributed by atoms with E-state index >= 15 is 0 Å². The lowest BCUT2D eigenvalue weighted by molar-refractivity contribution is -0.912. The average molecular weight is 496 g/mol. The number of rotatable bonds is 10. The highest BCUT2D eigenvalue weighted by Gasteiger charge is 2.33. The Morgan fingerprint density at radius 2 is 1.83 bits per heavy atom. The van der Waals surface area contributed by atoms with Gasteiger partial charge < -0.3 is 14.7 Å². The third-order valence-corrected chi connectivity index (χ3v) is 8.73. The van der Waals surface area contributed by atoms with Crippen molar-refractivity contribution < 1.29 is 9.28 Å². The van der Waals surface area contributed by atoms with Crippen LogP contribution in [0.1, 0.15) is 69.2 Å². The lowest BCUT2D eigenvalue weighted by Crippen LogP contribution is -2.59. The first-order valence-electron chi connectivity index (χ1n) is 13.6. The number of quaternary nitrogens is 1. The normalized spacial score (nSPS) is 16.8. The van der Waals surface area contributed by atoms with Crippen molar-refractivity contribution in [1.29, 1.82) is 0 Å². The first kappa shape index (κ1) is 25.9. The van der Waals surface area contributed by atoms with E-state index in [0.29, 0.717) is 5.78 Å². The Hall–Kier alpha value is -2.18. The second-order valence-electron chi connectivity index (χ2n) is 10.7. The molecule has 4 rings (SSSR count). The second kappa shape index (κ2) is 11.7. The number of amidine groups is 1. The first-order valence-corrected chi connectivity index (χ1v) is 14.4. The highest BCUT2D eigenvalue weighted by atomic mass is 32.1. The molecule has 6 heteroatoms. The monoisotopic (exact) mass is 495 g/mol. The van der Waals surface area contributed by atoms with E-state index in [1.54, 1.807) is 11.3 Å². The van der Waals surface area contributed by atoms with Gasteiger partial charge in [0.1, 0.15) is 16.6 Å². The fraction of sp³-hybridized carbons (Fsp3) is 0.586. The van der Waals surface area contributed by atoms with E-state index in [2.05, 4.69) is 68.4 Å². The zero-order valence-electron chi connectivity index (χ0n) is 22.1. The van der Waals surface area contributed by atoms with Gasteiger partial charge >= 0.3 is 0 Å². The molecule has 0 aliphatic carbocycles. The highest BCUT2D eigenvalue weighted by molar-refractivity contribution is 7.16. The van der Waals surface area contributed by atoms with Crippen molar-refractivity contribution in [3.63, 3.8) is 0 Å². The van der Waals surface area contributed by atoms with Crippen LogP contribution in [0.25, 0.3) is 0 Å². The maximum atomic E-state index is 13.1. The van der Waals surface area contributed by atoms with Crippen molar-refractivity contribution in [2.75, 3.05) is 45.1 Å². The number of nitrogens with zero attached hydrogens (tertiary/aromatic N) is 3. The smallest absolute Gasteiger partial charge is 0.141 e. The van der Waals surface area contributed by atoms with Crippen LogP contribution < -0.4 is 5.32 Å². The largest absolute Gasteiger partial charge is 0.345 e. The number of hydrogen-bond donors (Lipinski definition) is 1. The summed E-state index contributed by atoms with van der Waals surface area (Å²) >= 11 is 1.80. The summed E-state index contributed by atoms with van der Waals surface area (Å²) in [5, 5.41) is 4.80. The molecule has 0 bridgehead atoms. The number of thiophene rings is 1. The third kappa shape index (κ3) is 6.34. The van der Waals surface area contributed by atoms with Gasteiger partial charge in [-0.15, -0.1) is 11.3 Å². The number of nitrogens with one attached hydrogen (secondary N) is 1. The van der Waals surface area contributed by atoms with E-state index < -0.39 is 0 Å². The van der Waals surface area contributed by atoms with Crippen molar-refractivity contribution in [1.82, 2.24) is 4.90 Å². The van der Waals surface area contributed by atoms with E-state index in [0.717, 1.165) is 73.7 Å². The highest BCUT2D eigenvalue weighted by Crippen LogP contribution is 2.39. The minimum atomic E-state index is 0.274. The number of Topliss-reactive ketones (excluding diaryl/α,β-unsaturated/α-hetero) is 1. The maximum absolute atomic E-state index is 13.1. The second-order valence-corrected chi connectivity index (χ2v) is 11.9. The van der Waals surface area contributed by atoms with E-state index in [1.165, 1.54) is 41.1 Å². The molecular weight excluding hydrogens is 452 g/mol. The van der Waals surface area contributed by atoms with Crippen LogP contribution in [0, 0.1) is 12.8 Å². The van der Waals surface area contributed by atoms with Gasteiger partial charge in [-0.25, -0.2) is 4.99 Å². The van der Waals surface area contributed by atoms with E-state index in [9.17, 15) is 4.79 Å². The van der Waals surface area contributed by atoms with Crippen LogP contribution in [0.2, 0.25) is 0 Å². The molecule has 0 unspecified atom stereocenters. The Bertz CT molecular complexity index is 1030. The van der Waals surface area contributed by atoms with Crippen molar-refractivity contribution in [2.45, 2.75) is 65.7 Å². The predicted octanol–water partition coefficient (Wildman–Crippen LogP) is 6.91. The number of ketones is 1. The molecule has 5 nitrogen and oxygen atoms in total. The topological polar surface area (TPSA) is 44.7 Å². The molecule has 0 spiro atoms. The van der Waals surface area contributed by atoms with Crippen molar-refractivity contribution in [3.05, 3.63) is 40.8 Å². The molecular formula is C29H43N4OS+. The Morgan fingerprint density at radius 1 is 1.14 bits per heavy atom. The first-order chi connectivity index (χ1) is 16.9. The molecule has 35 heavy (non-hydrogen) atoms. The summed E-state index contributed by atoms with van der Waals surface area (Å²) < 4.78 is 0.980. The average Bonchev–Trinajstić information content (AvgIpc) is 3.15. The van der Waals surface area contributed by atoms with Crippen LogP contribution in [0.5, 0.6) is 0 Å². The SMILES string of the molecule is CCCCC(CCCC)C(=O)CC[N+]1(C)CCN(C2=Nc3ccccc3Nc3sc(C)cc32)CC1. The van der Waals surface area contributed by atoms with E-state index in [1.807, 2.05) is 0 Å². The standard InChI is InChI=1S/C29H43N4OS/c1-5-7-11-23(12-8-6-2)27(34)15-18-33(4)19-16-32(17-20-33)28-24-21-22(3)35-29(24)31-26-14-10-9-13-25(26)30-28/h9-10,13-14,21,23,31H,5-8,11-12,15-20H2,1-4H3/q+1. The van der Waals surface area contributed by atoms with Gasteiger partial charge in [-0.05, 0) is 38.0 Å². The predicted molar refractivity (Wildman–Crippen MR) is 150 cm³/mol. The molecule has 2 aliphatic heterocycles. The molecule has 0 radical (unpaired) electrons. The van der Waals surface area contributed by atoms with Gasteiger partial charge in [-0.3, -0.25) is 4.79 Å². The summed E-state index contributed by atoms with van der Waals surface area (Å²) in [7, 11) is 2.34. The van der Waals surface area contributed by atoms with Gasteiger partial charge in [0.2, 0.25) is 0 Å². The minimum absolute atomic E-state index is 0.274. The van der Waals surface area contributed by atoms with Crippen LogP contribution in [-0.4, -0.2) is 60.8 Å². The Labute approximate surface area is 215 Å². The number of carbonyl (C=O) groups is 1. The Kier molecular flexibility index (Phi) is 8.66. The van der Waals surface area contributed by atoms with Gasteiger partial charge in [-0.2, -0.15) is 0 Å². The summed E-state index contributed by atoms with van der Waals surface area (Å²) in [6, 6.07) is 10.6. The summed E-state index contributed by atoms with van der Waals surface area (Å²) in [5.74, 6) is 1.86. The van der Waals surface area contributed by atoms with Crippen LogP contribution in [0.3, 0.4) is 0 Å². The molecule has 2 aliphatic rings. The molecule has 190 valence electrons. The van der Waals surface area contributed by atoms with Crippen molar-refractivity contribution >= 4 is 39.3 Å². The molecule has 0 saturated carbocycles. The number of benzene rings is 1. The van der Waals surface area contributed by atoms with Gasteiger partial charge in [0.25, 0.3) is 0 Å². The number of fused-ring (bicyclic) bond motifs is 2. The van der Waals surface area contributed by atoms with Crippen LogP contribution in [0.15, 0.2) is 35.3 Å². The lowest BCUT2D eigenvalue weighted by atomic mass is 9.90. The van der Waals surface area contributed by atoms with Crippen LogP contribution in [-0.2, 0) is 4.79 Å². The molecule has 1 aromatic carbocycles. The number of aliphatic imine (C=N–C) groups is 1. The van der Waals surface area contributed by atoms with E-state index in [-0.39, 0.29) is 5.92 Å². The molecule has 3 heterocycles. The van der Waals surface area contributed by atoms with Crippen LogP contribution >= 0.6 is 11.3 Å². The maximum Gasteiger partial charge on any atom is 0.141 e. The zero-order valence-corrected chi connectivity index (χ0v) is 22.9. The number of anilines is 2. The molecule has 2 aromatic rings. The minimum Gasteiger partial charge on any atom is -0.345 e. The summed E-state index contributed by atoms with van der Waals surface area (Å²) in [6.45, 7) is 11.6. The fourth-order valence-corrected chi connectivity index (χ4v) is 6.24. The van der Waals surface area contributed by atoms with Gasteiger partial charge in [-0.1, -0.05) is 51.7 Å². The zero-order chi connectivity index (χ0) is 24.8. The molecule has 1 fully saturated rings. The van der Waals surface area contributed by atoms with Gasteiger partial charge in [0.15, 0.2) is 0 Å². The molecule has 1 aromatic heterocycles. The molecule has 1 saturated heterocycles. The number of aryl methyl sites for hydroxylation is 1. The van der Waals surface area contributed by atoms with Crippen molar-refractivity contribution in [2.24, 2.45) is 10.9 Å². The number of likely N-dealkylation sites (N-methyl/N-ethyl adjacent to an activating group) is 1.